The number of ether oxygens (including phenoxy) is 1. The van der Waals surface area contributed by atoms with Gasteiger partial charge >= 0.3 is 0 Å². The van der Waals surface area contributed by atoms with Crippen molar-refractivity contribution in [2.24, 2.45) is 11.7 Å². The van der Waals surface area contributed by atoms with E-state index in [1.54, 1.807) is 0 Å². The van der Waals surface area contributed by atoms with Crippen LogP contribution in [0.4, 0.5) is 0 Å². The highest BCUT2D eigenvalue weighted by Crippen LogP contribution is 2.14. The summed E-state index contributed by atoms with van der Waals surface area (Å²) in [6.45, 7) is 5.11. The summed E-state index contributed by atoms with van der Waals surface area (Å²) in [7, 11) is 0. The molecule has 0 aliphatic carbocycles. The Balaban J connectivity index is 2.08. The fourth-order valence-corrected chi connectivity index (χ4v) is 1.90. The van der Waals surface area contributed by atoms with E-state index in [0.717, 1.165) is 25.9 Å². The zero-order valence-corrected chi connectivity index (χ0v) is 11.8. The van der Waals surface area contributed by atoms with Gasteiger partial charge in [-0.1, -0.05) is 13.8 Å². The minimum Gasteiger partial charge on any atom is -0.378 e. The van der Waals surface area contributed by atoms with Gasteiger partial charge in [-0.15, -0.1) is 0 Å². The summed E-state index contributed by atoms with van der Waals surface area (Å²) in [5.41, 5.74) is 5.67. The quantitative estimate of drug-likeness (QED) is 0.596. The first-order valence-electron chi connectivity index (χ1n) is 6.92. The van der Waals surface area contributed by atoms with Crippen LogP contribution in [0, 0.1) is 5.92 Å². The van der Waals surface area contributed by atoms with E-state index in [4.69, 9.17) is 10.5 Å². The number of carbonyl (C=O) groups excluding carboxylic acids is 2. The molecule has 1 heterocycles. The average molecular weight is 271 g/mol. The van der Waals surface area contributed by atoms with Crippen molar-refractivity contribution in [1.82, 2.24) is 10.6 Å². The number of rotatable bonds is 7. The molecule has 0 saturated carbocycles. The molecule has 1 aliphatic heterocycles. The molecule has 1 rings (SSSR count). The highest BCUT2D eigenvalue weighted by atomic mass is 16.5. The standard InChI is InChI=1S/C13H25N3O3/c1-9(2)12(14)13(18)16-8-11(17)15-6-5-10-4-3-7-19-10/h9-10,12H,3-8,14H2,1-2H3,(H,15,17)(H,16,18)/t10?,12-/m0/s1. The summed E-state index contributed by atoms with van der Waals surface area (Å²) in [6, 6.07) is -0.570. The largest absolute Gasteiger partial charge is 0.378 e. The summed E-state index contributed by atoms with van der Waals surface area (Å²) >= 11 is 0. The van der Waals surface area contributed by atoms with Gasteiger partial charge in [0.05, 0.1) is 18.7 Å². The molecule has 0 spiro atoms. The third-order valence-electron chi connectivity index (χ3n) is 3.26. The van der Waals surface area contributed by atoms with Crippen LogP contribution >= 0.6 is 0 Å². The summed E-state index contributed by atoms with van der Waals surface area (Å²) in [5.74, 6) is -0.422. The lowest BCUT2D eigenvalue weighted by molar-refractivity contribution is -0.127. The highest BCUT2D eigenvalue weighted by Gasteiger charge is 2.18. The van der Waals surface area contributed by atoms with E-state index in [0.29, 0.717) is 6.54 Å². The van der Waals surface area contributed by atoms with Gasteiger partial charge in [-0.25, -0.2) is 0 Å². The molecular weight excluding hydrogens is 246 g/mol. The van der Waals surface area contributed by atoms with Crippen LogP contribution in [0.1, 0.15) is 33.1 Å². The van der Waals surface area contributed by atoms with Gasteiger partial charge in [0.15, 0.2) is 0 Å². The fraction of sp³-hybridized carbons (Fsp3) is 0.846. The molecule has 4 N–H and O–H groups in total. The molecular formula is C13H25N3O3. The van der Waals surface area contributed by atoms with Crippen molar-refractivity contribution in [3.63, 3.8) is 0 Å². The van der Waals surface area contributed by atoms with Gasteiger partial charge < -0.3 is 21.1 Å². The molecule has 19 heavy (non-hydrogen) atoms. The first-order valence-corrected chi connectivity index (χ1v) is 6.92. The summed E-state index contributed by atoms with van der Waals surface area (Å²) < 4.78 is 5.45. The van der Waals surface area contributed by atoms with Gasteiger partial charge in [0.25, 0.3) is 0 Å². The van der Waals surface area contributed by atoms with Crippen molar-refractivity contribution >= 4 is 11.8 Å². The monoisotopic (exact) mass is 271 g/mol. The molecule has 1 aliphatic rings. The van der Waals surface area contributed by atoms with E-state index in [1.807, 2.05) is 13.8 Å². The van der Waals surface area contributed by atoms with Gasteiger partial charge in [0.2, 0.25) is 11.8 Å². The Morgan fingerprint density at radius 2 is 2.11 bits per heavy atom. The minimum atomic E-state index is -0.570. The minimum absolute atomic E-state index is 0.0230. The number of hydrogen-bond donors (Lipinski definition) is 3. The van der Waals surface area contributed by atoms with E-state index < -0.39 is 6.04 Å². The van der Waals surface area contributed by atoms with Crippen molar-refractivity contribution in [2.45, 2.75) is 45.3 Å². The maximum atomic E-state index is 11.5. The van der Waals surface area contributed by atoms with Crippen LogP contribution in [0.25, 0.3) is 0 Å². The molecule has 1 unspecified atom stereocenters. The second-order valence-corrected chi connectivity index (χ2v) is 5.26. The van der Waals surface area contributed by atoms with Crippen molar-refractivity contribution in [2.75, 3.05) is 19.7 Å². The molecule has 1 fully saturated rings. The van der Waals surface area contributed by atoms with Crippen LogP contribution in [0.5, 0.6) is 0 Å². The van der Waals surface area contributed by atoms with Gasteiger partial charge in [-0.05, 0) is 25.2 Å². The molecule has 2 amide bonds. The molecule has 2 atom stereocenters. The SMILES string of the molecule is CC(C)[C@H](N)C(=O)NCC(=O)NCCC1CCCO1. The molecule has 6 nitrogen and oxygen atoms in total. The Kier molecular flexibility index (Phi) is 6.80. The fourth-order valence-electron chi connectivity index (χ4n) is 1.90. The Bertz CT molecular complexity index is 302. The molecule has 1 saturated heterocycles. The van der Waals surface area contributed by atoms with Crippen LogP contribution in [0.2, 0.25) is 0 Å². The molecule has 0 aromatic carbocycles. The first kappa shape index (κ1) is 15.9. The predicted octanol–water partition coefficient (Wildman–Crippen LogP) is -0.229. The summed E-state index contributed by atoms with van der Waals surface area (Å²) in [6.07, 6.45) is 3.26. The van der Waals surface area contributed by atoms with E-state index in [9.17, 15) is 9.59 Å². The molecule has 6 heteroatoms. The Labute approximate surface area is 114 Å². The van der Waals surface area contributed by atoms with Crippen LogP contribution < -0.4 is 16.4 Å². The van der Waals surface area contributed by atoms with Crippen LogP contribution in [-0.4, -0.2) is 43.7 Å². The summed E-state index contributed by atoms with van der Waals surface area (Å²) in [4.78, 5) is 23.0. The highest BCUT2D eigenvalue weighted by molar-refractivity contribution is 5.87. The first-order chi connectivity index (χ1) is 9.00. The average Bonchev–Trinajstić information content (AvgIpc) is 2.88. The third kappa shape index (κ3) is 6.02. The van der Waals surface area contributed by atoms with Crippen molar-refractivity contribution in [3.05, 3.63) is 0 Å². The Morgan fingerprint density at radius 1 is 1.37 bits per heavy atom. The number of nitrogens with one attached hydrogen (secondary N) is 2. The van der Waals surface area contributed by atoms with Gasteiger partial charge in [-0.3, -0.25) is 9.59 Å². The van der Waals surface area contributed by atoms with E-state index >= 15 is 0 Å². The number of hydrogen-bond acceptors (Lipinski definition) is 4. The lowest BCUT2D eigenvalue weighted by atomic mass is 10.1. The number of nitrogens with two attached hydrogens (primary N) is 1. The molecule has 0 aromatic rings. The Morgan fingerprint density at radius 3 is 2.68 bits per heavy atom. The normalized spacial score (nSPS) is 20.3. The van der Waals surface area contributed by atoms with Crippen molar-refractivity contribution in [3.8, 4) is 0 Å². The topological polar surface area (TPSA) is 93.5 Å². The smallest absolute Gasteiger partial charge is 0.239 e. The zero-order chi connectivity index (χ0) is 14.3. The third-order valence-corrected chi connectivity index (χ3v) is 3.26. The van der Waals surface area contributed by atoms with E-state index in [-0.39, 0.29) is 30.4 Å². The maximum absolute atomic E-state index is 11.5. The van der Waals surface area contributed by atoms with E-state index in [2.05, 4.69) is 10.6 Å². The second kappa shape index (κ2) is 8.12. The maximum Gasteiger partial charge on any atom is 0.239 e. The lowest BCUT2D eigenvalue weighted by Crippen LogP contribution is -2.47. The molecule has 110 valence electrons. The van der Waals surface area contributed by atoms with Crippen LogP contribution in [-0.2, 0) is 14.3 Å². The molecule has 0 radical (unpaired) electrons. The molecule has 0 aromatic heterocycles. The van der Waals surface area contributed by atoms with Crippen molar-refractivity contribution in [1.29, 1.82) is 0 Å². The van der Waals surface area contributed by atoms with E-state index in [1.165, 1.54) is 0 Å². The van der Waals surface area contributed by atoms with Crippen LogP contribution in [0.3, 0.4) is 0 Å². The Hall–Kier alpha value is -1.14. The number of amides is 2. The predicted molar refractivity (Wildman–Crippen MR) is 72.4 cm³/mol. The van der Waals surface area contributed by atoms with Crippen molar-refractivity contribution < 1.29 is 14.3 Å². The van der Waals surface area contributed by atoms with Gasteiger partial charge in [0.1, 0.15) is 0 Å². The summed E-state index contributed by atoms with van der Waals surface area (Å²) in [5, 5.41) is 5.29. The van der Waals surface area contributed by atoms with Crippen LogP contribution in [0.15, 0.2) is 0 Å². The van der Waals surface area contributed by atoms with Gasteiger partial charge in [-0.2, -0.15) is 0 Å². The lowest BCUT2D eigenvalue weighted by Gasteiger charge is -2.15. The second-order valence-electron chi connectivity index (χ2n) is 5.26. The van der Waals surface area contributed by atoms with Gasteiger partial charge in [0, 0.05) is 13.2 Å². The molecule has 0 bridgehead atoms. The zero-order valence-electron chi connectivity index (χ0n) is 11.8. The number of carbonyl (C=O) groups is 2.